The Kier molecular flexibility index (Phi) is 5.72. The van der Waals surface area contributed by atoms with Crippen molar-refractivity contribution in [1.29, 1.82) is 0 Å². The van der Waals surface area contributed by atoms with Crippen molar-refractivity contribution in [3.63, 3.8) is 0 Å². The Morgan fingerprint density at radius 2 is 1.96 bits per heavy atom. The monoisotopic (exact) mass is 370 g/mol. The number of rotatable bonds is 4. The van der Waals surface area contributed by atoms with Gasteiger partial charge in [-0.2, -0.15) is 0 Å². The van der Waals surface area contributed by atoms with Gasteiger partial charge in [-0.15, -0.1) is 0 Å². The number of nitrogens with zero attached hydrogens (tertiary/aromatic N) is 2. The van der Waals surface area contributed by atoms with Crippen molar-refractivity contribution in [3.05, 3.63) is 29.3 Å². The lowest BCUT2D eigenvalue weighted by Gasteiger charge is -2.35. The highest BCUT2D eigenvalue weighted by atomic mass is 16.6. The van der Waals surface area contributed by atoms with Crippen LogP contribution in [0.15, 0.2) is 18.2 Å². The molecule has 0 bridgehead atoms. The van der Waals surface area contributed by atoms with Gasteiger partial charge in [-0.3, -0.25) is 4.90 Å². The van der Waals surface area contributed by atoms with Gasteiger partial charge in [-0.25, -0.2) is 4.79 Å². The normalized spacial score (nSPS) is 25.7. The first-order valence-corrected chi connectivity index (χ1v) is 10.9. The number of hydrogen-bond acceptors (Lipinski definition) is 3. The van der Waals surface area contributed by atoms with E-state index in [2.05, 4.69) is 17.0 Å². The molecular formula is C23H34N2O2. The van der Waals surface area contributed by atoms with Crippen LogP contribution in [0.5, 0.6) is 5.75 Å². The van der Waals surface area contributed by atoms with Gasteiger partial charge in [0, 0.05) is 26.1 Å². The molecular weight excluding hydrogens is 336 g/mol. The molecule has 0 spiro atoms. The van der Waals surface area contributed by atoms with Crippen LogP contribution in [0.25, 0.3) is 0 Å². The first kappa shape index (κ1) is 18.8. The third-order valence-electron chi connectivity index (χ3n) is 7.03. The van der Waals surface area contributed by atoms with E-state index in [-0.39, 0.29) is 6.09 Å². The van der Waals surface area contributed by atoms with Gasteiger partial charge >= 0.3 is 6.09 Å². The molecule has 1 heterocycles. The molecule has 4 heteroatoms. The van der Waals surface area contributed by atoms with Gasteiger partial charge in [0.2, 0.25) is 0 Å². The summed E-state index contributed by atoms with van der Waals surface area (Å²) < 4.78 is 5.65. The third kappa shape index (κ3) is 4.01. The van der Waals surface area contributed by atoms with Crippen LogP contribution in [-0.4, -0.2) is 49.1 Å². The number of carbonyl (C=O) groups is 1. The summed E-state index contributed by atoms with van der Waals surface area (Å²) in [5, 5.41) is 0. The van der Waals surface area contributed by atoms with E-state index >= 15 is 0 Å². The molecule has 27 heavy (non-hydrogen) atoms. The number of likely N-dealkylation sites (tertiary alicyclic amines) is 1. The molecule has 1 aliphatic heterocycles. The van der Waals surface area contributed by atoms with Gasteiger partial charge in [0.25, 0.3) is 0 Å². The molecule has 1 saturated carbocycles. The van der Waals surface area contributed by atoms with Gasteiger partial charge in [-0.1, -0.05) is 44.2 Å². The largest absolute Gasteiger partial charge is 0.414 e. The molecule has 148 valence electrons. The van der Waals surface area contributed by atoms with E-state index in [0.717, 1.165) is 18.1 Å². The zero-order valence-electron chi connectivity index (χ0n) is 17.0. The molecule has 1 saturated heterocycles. The first-order chi connectivity index (χ1) is 13.1. The Labute approximate surface area is 163 Å². The van der Waals surface area contributed by atoms with Crippen LogP contribution in [0.3, 0.4) is 0 Å². The average Bonchev–Trinajstić information content (AvgIpc) is 3.11. The number of hydrogen-bond donors (Lipinski definition) is 0. The molecule has 0 aromatic heterocycles. The Morgan fingerprint density at radius 3 is 2.74 bits per heavy atom. The van der Waals surface area contributed by atoms with Gasteiger partial charge in [0.05, 0.1) is 0 Å². The molecule has 2 aliphatic carbocycles. The highest BCUT2D eigenvalue weighted by Crippen LogP contribution is 2.44. The Bertz CT molecular complexity index is 666. The summed E-state index contributed by atoms with van der Waals surface area (Å²) in [6.45, 7) is 2.50. The van der Waals surface area contributed by atoms with Crippen molar-refractivity contribution in [2.45, 2.75) is 69.7 Å². The van der Waals surface area contributed by atoms with Crippen LogP contribution in [-0.2, 0) is 6.42 Å². The molecule has 4 nitrogen and oxygen atoms in total. The van der Waals surface area contributed by atoms with Gasteiger partial charge in [0.1, 0.15) is 5.75 Å². The average molecular weight is 371 g/mol. The minimum Gasteiger partial charge on any atom is -0.410 e. The molecule has 2 unspecified atom stereocenters. The lowest BCUT2D eigenvalue weighted by molar-refractivity contribution is 0.170. The second-order valence-electron chi connectivity index (χ2n) is 8.92. The van der Waals surface area contributed by atoms with Crippen LogP contribution >= 0.6 is 0 Å². The molecule has 1 aromatic carbocycles. The summed E-state index contributed by atoms with van der Waals surface area (Å²) in [4.78, 5) is 16.3. The minimum absolute atomic E-state index is 0.286. The minimum atomic E-state index is -0.286. The van der Waals surface area contributed by atoms with E-state index in [1.807, 2.05) is 6.07 Å². The quantitative estimate of drug-likeness (QED) is 0.762. The number of carbonyl (C=O) groups excluding carboxylic acids is 1. The Hall–Kier alpha value is -1.55. The summed E-state index contributed by atoms with van der Waals surface area (Å²) in [5.74, 6) is 2.34. The van der Waals surface area contributed by atoms with E-state index in [9.17, 15) is 4.79 Å². The summed E-state index contributed by atoms with van der Waals surface area (Å²) >= 11 is 0. The van der Waals surface area contributed by atoms with Crippen LogP contribution < -0.4 is 4.74 Å². The highest BCUT2D eigenvalue weighted by molar-refractivity contribution is 5.70. The topological polar surface area (TPSA) is 32.8 Å². The van der Waals surface area contributed by atoms with Crippen LogP contribution in [0.4, 0.5) is 4.79 Å². The fourth-order valence-electron chi connectivity index (χ4n) is 5.54. The van der Waals surface area contributed by atoms with Crippen LogP contribution in [0, 0.1) is 5.92 Å². The molecule has 3 aliphatic rings. The first-order valence-electron chi connectivity index (χ1n) is 10.9. The summed E-state index contributed by atoms with van der Waals surface area (Å²) in [6, 6.07) is 6.96. The maximum atomic E-state index is 12.0. The van der Waals surface area contributed by atoms with E-state index in [4.69, 9.17) is 4.74 Å². The summed E-state index contributed by atoms with van der Waals surface area (Å²) in [6.07, 6.45) is 11.8. The molecule has 1 aromatic rings. The van der Waals surface area contributed by atoms with Crippen LogP contribution in [0.2, 0.25) is 0 Å². The van der Waals surface area contributed by atoms with Gasteiger partial charge in [0.15, 0.2) is 0 Å². The van der Waals surface area contributed by atoms with Gasteiger partial charge in [-0.05, 0) is 61.9 Å². The Morgan fingerprint density at radius 1 is 1.15 bits per heavy atom. The Balaban J connectivity index is 1.43. The standard InChI is InChI=1S/C23H34N2O2/c1-24(2)23(26)27-22-10-6-9-18-19-14-16-25(21(19)12-11-20(18)22)15-13-17-7-4-3-5-8-17/h6,9-10,17,19,21H,3-5,7-8,11-16H2,1-2H3. The lowest BCUT2D eigenvalue weighted by atomic mass is 9.79. The fraction of sp³-hybridized carbons (Fsp3) is 0.696. The maximum absolute atomic E-state index is 12.0. The zero-order valence-corrected chi connectivity index (χ0v) is 17.0. The van der Waals surface area contributed by atoms with Crippen molar-refractivity contribution in [3.8, 4) is 5.75 Å². The number of benzene rings is 1. The van der Waals surface area contributed by atoms with E-state index in [0.29, 0.717) is 12.0 Å². The molecule has 0 radical (unpaired) electrons. The maximum Gasteiger partial charge on any atom is 0.414 e. The zero-order chi connectivity index (χ0) is 18.8. The second kappa shape index (κ2) is 8.22. The summed E-state index contributed by atoms with van der Waals surface area (Å²) in [7, 11) is 3.46. The molecule has 4 rings (SSSR count). The smallest absolute Gasteiger partial charge is 0.410 e. The second-order valence-corrected chi connectivity index (χ2v) is 8.92. The lowest BCUT2D eigenvalue weighted by Crippen LogP contribution is -2.36. The number of amides is 1. The fourth-order valence-corrected chi connectivity index (χ4v) is 5.54. The molecule has 2 atom stereocenters. The summed E-state index contributed by atoms with van der Waals surface area (Å²) in [5.41, 5.74) is 2.69. The van der Waals surface area contributed by atoms with Gasteiger partial charge < -0.3 is 9.64 Å². The molecule has 2 fully saturated rings. The van der Waals surface area contributed by atoms with Crippen molar-refractivity contribution in [1.82, 2.24) is 9.80 Å². The number of fused-ring (bicyclic) bond motifs is 3. The van der Waals surface area contributed by atoms with Crippen molar-refractivity contribution >= 4 is 6.09 Å². The van der Waals surface area contributed by atoms with E-state index < -0.39 is 0 Å². The van der Waals surface area contributed by atoms with E-state index in [1.54, 1.807) is 14.1 Å². The molecule has 0 N–H and O–H groups in total. The van der Waals surface area contributed by atoms with Crippen LogP contribution in [0.1, 0.15) is 68.4 Å². The molecule has 1 amide bonds. The predicted octanol–water partition coefficient (Wildman–Crippen LogP) is 4.82. The third-order valence-corrected chi connectivity index (χ3v) is 7.03. The van der Waals surface area contributed by atoms with E-state index in [1.165, 1.54) is 80.5 Å². The van der Waals surface area contributed by atoms with Crippen molar-refractivity contribution < 1.29 is 9.53 Å². The number of ether oxygens (including phenoxy) is 1. The predicted molar refractivity (Wildman–Crippen MR) is 108 cm³/mol. The van der Waals surface area contributed by atoms with Crippen molar-refractivity contribution in [2.75, 3.05) is 27.2 Å². The SMILES string of the molecule is CN(C)C(=O)Oc1cccc2c1CCC1C2CCN1CCC1CCCCC1. The highest BCUT2D eigenvalue weighted by Gasteiger charge is 2.39. The van der Waals surface area contributed by atoms with Crippen molar-refractivity contribution in [2.24, 2.45) is 5.92 Å².